The number of aryl methyl sites for hydroxylation is 1. The highest BCUT2D eigenvalue weighted by atomic mass is 32.1. The SMILES string of the molecule is CCc1ccc(Cc2cc3c(s2)CCO[C@]32O[C@H](CO)[C@@H](O)[C@H](O)[C@H]2O)cc1. The van der Waals surface area contributed by atoms with E-state index >= 15 is 0 Å². The van der Waals surface area contributed by atoms with Crippen LogP contribution in [-0.4, -0.2) is 58.1 Å². The van der Waals surface area contributed by atoms with Crippen molar-refractivity contribution in [2.75, 3.05) is 13.2 Å². The number of rotatable bonds is 4. The Morgan fingerprint density at radius 2 is 1.82 bits per heavy atom. The number of benzene rings is 1. The molecule has 6 nitrogen and oxygen atoms in total. The number of hydrogen-bond acceptors (Lipinski definition) is 7. The molecule has 2 aliphatic heterocycles. The van der Waals surface area contributed by atoms with Crippen molar-refractivity contribution in [2.24, 2.45) is 0 Å². The normalized spacial score (nSPS) is 32.5. The standard InChI is InChI=1S/C21H26O6S/c1-2-12-3-5-13(6-4-12)9-14-10-15-17(28-14)7-8-26-21(15)20(25)19(24)18(23)16(11-22)27-21/h3-6,10,16,18-20,22-25H,2,7-9,11H2,1H3/t16-,18-,19+,20-,21+/m1/s1. The van der Waals surface area contributed by atoms with E-state index in [1.54, 1.807) is 11.3 Å². The van der Waals surface area contributed by atoms with Crippen LogP contribution in [0, 0.1) is 0 Å². The van der Waals surface area contributed by atoms with Crippen LogP contribution < -0.4 is 0 Å². The molecule has 4 N–H and O–H groups in total. The molecule has 2 aliphatic rings. The Bertz CT molecular complexity index is 817. The van der Waals surface area contributed by atoms with Crippen LogP contribution in [0.3, 0.4) is 0 Å². The summed E-state index contributed by atoms with van der Waals surface area (Å²) in [4.78, 5) is 2.14. The van der Waals surface area contributed by atoms with E-state index in [1.165, 1.54) is 11.1 Å². The highest BCUT2D eigenvalue weighted by molar-refractivity contribution is 7.12. The summed E-state index contributed by atoms with van der Waals surface area (Å²) >= 11 is 1.64. The van der Waals surface area contributed by atoms with E-state index in [-0.39, 0.29) is 0 Å². The lowest BCUT2D eigenvalue weighted by Gasteiger charge is -2.49. The Balaban J connectivity index is 1.65. The monoisotopic (exact) mass is 406 g/mol. The van der Waals surface area contributed by atoms with Gasteiger partial charge in [0.1, 0.15) is 24.4 Å². The molecule has 0 unspecified atom stereocenters. The van der Waals surface area contributed by atoms with Crippen LogP contribution in [-0.2, 0) is 34.5 Å². The first-order valence-corrected chi connectivity index (χ1v) is 10.5. The summed E-state index contributed by atoms with van der Waals surface area (Å²) in [6, 6.07) is 10.5. The fraction of sp³-hybridized carbons (Fsp3) is 0.524. The molecule has 0 saturated carbocycles. The second-order valence-corrected chi connectivity index (χ2v) is 8.65. The number of ether oxygens (including phenoxy) is 2. The minimum Gasteiger partial charge on any atom is -0.394 e. The smallest absolute Gasteiger partial charge is 0.226 e. The van der Waals surface area contributed by atoms with Gasteiger partial charge >= 0.3 is 0 Å². The molecule has 2 aromatic rings. The lowest BCUT2D eigenvalue weighted by Crippen LogP contribution is -2.65. The summed E-state index contributed by atoms with van der Waals surface area (Å²) in [5, 5.41) is 40.6. The highest BCUT2D eigenvalue weighted by Crippen LogP contribution is 2.46. The fourth-order valence-corrected chi connectivity index (χ4v) is 5.23. The topological polar surface area (TPSA) is 99.4 Å². The van der Waals surface area contributed by atoms with Crippen molar-refractivity contribution in [3.63, 3.8) is 0 Å². The van der Waals surface area contributed by atoms with Gasteiger partial charge in [-0.3, -0.25) is 0 Å². The fourth-order valence-electron chi connectivity index (χ4n) is 4.00. The third-order valence-corrected chi connectivity index (χ3v) is 6.84. The van der Waals surface area contributed by atoms with Gasteiger partial charge in [0.15, 0.2) is 0 Å². The molecule has 1 saturated heterocycles. The van der Waals surface area contributed by atoms with Gasteiger partial charge in [-0.15, -0.1) is 11.3 Å². The van der Waals surface area contributed by atoms with Crippen LogP contribution in [0.1, 0.15) is 33.4 Å². The average molecular weight is 406 g/mol. The highest BCUT2D eigenvalue weighted by Gasteiger charge is 2.57. The second-order valence-electron chi connectivity index (χ2n) is 7.43. The zero-order chi connectivity index (χ0) is 19.9. The molecule has 152 valence electrons. The maximum absolute atomic E-state index is 10.7. The molecule has 7 heteroatoms. The first kappa shape index (κ1) is 20.0. The van der Waals surface area contributed by atoms with E-state index in [9.17, 15) is 20.4 Å². The van der Waals surface area contributed by atoms with E-state index in [0.29, 0.717) is 18.6 Å². The minimum absolute atomic E-state index is 0.330. The van der Waals surface area contributed by atoms with Crippen LogP contribution in [0.5, 0.6) is 0 Å². The Kier molecular flexibility index (Phi) is 5.59. The number of aliphatic hydroxyl groups excluding tert-OH is 4. The van der Waals surface area contributed by atoms with Gasteiger partial charge in [-0.05, 0) is 23.6 Å². The van der Waals surface area contributed by atoms with Gasteiger partial charge in [0.2, 0.25) is 5.79 Å². The molecule has 1 fully saturated rings. The number of aliphatic hydroxyl groups is 4. The summed E-state index contributed by atoms with van der Waals surface area (Å²) in [5.74, 6) is -1.57. The largest absolute Gasteiger partial charge is 0.394 e. The van der Waals surface area contributed by atoms with E-state index < -0.39 is 36.8 Å². The van der Waals surface area contributed by atoms with Gasteiger partial charge in [0.25, 0.3) is 0 Å². The van der Waals surface area contributed by atoms with Crippen molar-refractivity contribution < 1.29 is 29.9 Å². The van der Waals surface area contributed by atoms with Gasteiger partial charge in [0.05, 0.1) is 13.2 Å². The molecule has 0 radical (unpaired) electrons. The van der Waals surface area contributed by atoms with Crippen LogP contribution in [0.15, 0.2) is 30.3 Å². The zero-order valence-corrected chi connectivity index (χ0v) is 16.6. The summed E-state index contributed by atoms with van der Waals surface area (Å²) < 4.78 is 11.7. The summed E-state index contributed by atoms with van der Waals surface area (Å²) in [6.07, 6.45) is -2.89. The molecule has 1 aromatic carbocycles. The maximum atomic E-state index is 10.7. The summed E-state index contributed by atoms with van der Waals surface area (Å²) in [7, 11) is 0. The third-order valence-electron chi connectivity index (χ3n) is 5.64. The molecule has 5 atom stereocenters. The van der Waals surface area contributed by atoms with Gasteiger partial charge in [-0.2, -0.15) is 0 Å². The first-order chi connectivity index (χ1) is 13.5. The van der Waals surface area contributed by atoms with Crippen molar-refractivity contribution in [3.8, 4) is 0 Å². The average Bonchev–Trinajstić information content (AvgIpc) is 3.13. The quantitative estimate of drug-likeness (QED) is 0.607. The summed E-state index contributed by atoms with van der Waals surface area (Å²) in [5.41, 5.74) is 3.17. The van der Waals surface area contributed by atoms with Crippen molar-refractivity contribution in [2.45, 2.75) is 56.4 Å². The molecule has 0 amide bonds. The predicted molar refractivity (Wildman–Crippen MR) is 104 cm³/mol. The summed E-state index contributed by atoms with van der Waals surface area (Å²) in [6.45, 7) is 1.98. The van der Waals surface area contributed by atoms with E-state index in [2.05, 4.69) is 31.2 Å². The molecule has 0 aliphatic carbocycles. The van der Waals surface area contributed by atoms with E-state index in [0.717, 1.165) is 22.6 Å². The Morgan fingerprint density at radius 3 is 2.50 bits per heavy atom. The first-order valence-electron chi connectivity index (χ1n) is 9.65. The van der Waals surface area contributed by atoms with Crippen LogP contribution in [0.4, 0.5) is 0 Å². The van der Waals surface area contributed by atoms with Crippen molar-refractivity contribution in [3.05, 3.63) is 56.8 Å². The van der Waals surface area contributed by atoms with Crippen molar-refractivity contribution in [1.82, 2.24) is 0 Å². The maximum Gasteiger partial charge on any atom is 0.226 e. The van der Waals surface area contributed by atoms with Crippen LogP contribution in [0.2, 0.25) is 0 Å². The molecule has 3 heterocycles. The van der Waals surface area contributed by atoms with E-state index in [1.807, 2.05) is 6.07 Å². The molecule has 1 aromatic heterocycles. The minimum atomic E-state index is -1.57. The van der Waals surface area contributed by atoms with Crippen molar-refractivity contribution in [1.29, 1.82) is 0 Å². The Hall–Kier alpha value is -1.32. The van der Waals surface area contributed by atoms with Crippen LogP contribution >= 0.6 is 11.3 Å². The molecule has 0 bridgehead atoms. The molecule has 1 spiro atoms. The second kappa shape index (κ2) is 7.84. The lowest BCUT2D eigenvalue weighted by molar-refractivity contribution is -0.376. The Morgan fingerprint density at radius 1 is 1.11 bits per heavy atom. The van der Waals surface area contributed by atoms with Gasteiger partial charge in [-0.1, -0.05) is 31.2 Å². The van der Waals surface area contributed by atoms with E-state index in [4.69, 9.17) is 9.47 Å². The third kappa shape index (κ3) is 3.31. The van der Waals surface area contributed by atoms with Gasteiger partial charge in [-0.25, -0.2) is 0 Å². The number of hydrogen-bond donors (Lipinski definition) is 4. The number of thiophene rings is 1. The zero-order valence-electron chi connectivity index (χ0n) is 15.7. The lowest BCUT2D eigenvalue weighted by atomic mass is 9.86. The van der Waals surface area contributed by atoms with Gasteiger partial charge < -0.3 is 29.9 Å². The van der Waals surface area contributed by atoms with Crippen LogP contribution in [0.25, 0.3) is 0 Å². The molecular formula is C21H26O6S. The Labute approximate surface area is 168 Å². The predicted octanol–water partition coefficient (Wildman–Crippen LogP) is 1.10. The number of fused-ring (bicyclic) bond motifs is 2. The van der Waals surface area contributed by atoms with Gasteiger partial charge in [0, 0.05) is 28.2 Å². The molecule has 4 rings (SSSR count). The molecular weight excluding hydrogens is 380 g/mol. The van der Waals surface area contributed by atoms with Crippen molar-refractivity contribution >= 4 is 11.3 Å². The molecule has 28 heavy (non-hydrogen) atoms.